The van der Waals surface area contributed by atoms with Crippen molar-refractivity contribution in [2.24, 2.45) is 5.73 Å². The van der Waals surface area contributed by atoms with Crippen LogP contribution >= 0.6 is 0 Å². The number of nitrogens with two attached hydrogens (primary N) is 1. The van der Waals surface area contributed by atoms with Gasteiger partial charge >= 0.3 is 0 Å². The molecule has 0 amide bonds. The van der Waals surface area contributed by atoms with Crippen LogP contribution in [-0.2, 0) is 0 Å². The predicted octanol–water partition coefficient (Wildman–Crippen LogP) is 3.43. The number of unbranched alkanes of at least 4 members (excludes halogenated alkanes) is 1. The molecule has 0 saturated carbocycles. The summed E-state index contributed by atoms with van der Waals surface area (Å²) >= 11 is 0. The van der Waals surface area contributed by atoms with Gasteiger partial charge in [-0.3, -0.25) is 0 Å². The molecule has 0 radical (unpaired) electrons. The summed E-state index contributed by atoms with van der Waals surface area (Å²) in [6, 6.07) is 5.78. The molecule has 1 atom stereocenters. The van der Waals surface area contributed by atoms with Gasteiger partial charge in [-0.2, -0.15) is 0 Å². The topological polar surface area (TPSA) is 49.5 Å². The average Bonchev–Trinajstić information content (AvgIpc) is 2.37. The Morgan fingerprint density at radius 2 is 1.89 bits per heavy atom. The normalized spacial score (nSPS) is 12.4. The summed E-state index contributed by atoms with van der Waals surface area (Å²) in [7, 11) is 0. The summed E-state index contributed by atoms with van der Waals surface area (Å²) in [4.78, 5) is 2.21. The second-order valence-corrected chi connectivity index (χ2v) is 4.66. The lowest BCUT2D eigenvalue weighted by atomic mass is 10.0. The Labute approximate surface area is 111 Å². The molecule has 18 heavy (non-hydrogen) atoms. The highest BCUT2D eigenvalue weighted by Crippen LogP contribution is 2.30. The van der Waals surface area contributed by atoms with Gasteiger partial charge in [0.2, 0.25) is 0 Å². The van der Waals surface area contributed by atoms with Crippen molar-refractivity contribution in [1.82, 2.24) is 0 Å². The number of rotatable bonds is 7. The number of hydrogen-bond acceptors (Lipinski definition) is 3. The van der Waals surface area contributed by atoms with Crippen LogP contribution in [0.4, 0.5) is 5.69 Å². The molecule has 3 heteroatoms. The van der Waals surface area contributed by atoms with E-state index < -0.39 is 0 Å². The molecule has 102 valence electrons. The lowest BCUT2D eigenvalue weighted by molar-refractivity contribution is 0.456. The number of aromatic hydroxyl groups is 1. The lowest BCUT2D eigenvalue weighted by Gasteiger charge is -2.22. The van der Waals surface area contributed by atoms with Crippen molar-refractivity contribution < 1.29 is 5.11 Å². The molecule has 3 nitrogen and oxygen atoms in total. The highest BCUT2D eigenvalue weighted by atomic mass is 16.3. The van der Waals surface area contributed by atoms with E-state index in [1.165, 1.54) is 0 Å². The molecule has 0 unspecified atom stereocenters. The molecule has 3 N–H and O–H groups in total. The summed E-state index contributed by atoms with van der Waals surface area (Å²) < 4.78 is 0. The molecule has 1 aromatic rings. The Balaban J connectivity index is 2.85. The third-order valence-corrected chi connectivity index (χ3v) is 3.41. The van der Waals surface area contributed by atoms with Gasteiger partial charge in [-0.1, -0.05) is 25.8 Å². The fraction of sp³-hybridized carbons (Fsp3) is 0.600. The van der Waals surface area contributed by atoms with Crippen molar-refractivity contribution in [2.45, 2.75) is 46.1 Å². The van der Waals surface area contributed by atoms with Gasteiger partial charge in [0, 0.05) is 36.4 Å². The van der Waals surface area contributed by atoms with Crippen molar-refractivity contribution in [1.29, 1.82) is 0 Å². The molecule has 0 heterocycles. The fourth-order valence-electron chi connectivity index (χ4n) is 2.21. The van der Waals surface area contributed by atoms with Crippen LogP contribution in [0.5, 0.6) is 5.75 Å². The first kappa shape index (κ1) is 14.8. The van der Waals surface area contributed by atoms with E-state index in [4.69, 9.17) is 5.73 Å². The van der Waals surface area contributed by atoms with Crippen LogP contribution in [0.15, 0.2) is 18.2 Å². The Morgan fingerprint density at radius 1 is 1.22 bits per heavy atom. The molecular formula is C15H26N2O. The van der Waals surface area contributed by atoms with E-state index in [1.807, 2.05) is 18.2 Å². The van der Waals surface area contributed by atoms with Crippen LogP contribution in [0.3, 0.4) is 0 Å². The number of nitrogens with zero attached hydrogens (tertiary/aromatic N) is 1. The van der Waals surface area contributed by atoms with E-state index in [2.05, 4.69) is 25.7 Å². The number of phenolic OH excluding ortho intramolecular Hbond substituents is 1. The minimum absolute atomic E-state index is 0.0595. The molecule has 0 bridgehead atoms. The number of hydrogen-bond donors (Lipinski definition) is 2. The lowest BCUT2D eigenvalue weighted by Crippen LogP contribution is -2.21. The minimum Gasteiger partial charge on any atom is -0.508 e. The summed E-state index contributed by atoms with van der Waals surface area (Å²) in [6.45, 7) is 8.26. The van der Waals surface area contributed by atoms with Gasteiger partial charge in [0.25, 0.3) is 0 Å². The molecule has 0 saturated heterocycles. The predicted molar refractivity (Wildman–Crippen MR) is 78.1 cm³/mol. The quantitative estimate of drug-likeness (QED) is 0.779. The first-order valence-electron chi connectivity index (χ1n) is 6.97. The Kier molecular flexibility index (Phi) is 5.99. The van der Waals surface area contributed by atoms with Gasteiger partial charge < -0.3 is 15.7 Å². The van der Waals surface area contributed by atoms with Gasteiger partial charge in [0.1, 0.15) is 5.75 Å². The summed E-state index contributed by atoms with van der Waals surface area (Å²) in [6.07, 6.45) is 3.15. The first-order valence-corrected chi connectivity index (χ1v) is 6.97. The summed E-state index contributed by atoms with van der Waals surface area (Å²) in [5.41, 5.74) is 8.02. The van der Waals surface area contributed by atoms with Crippen molar-refractivity contribution in [3.63, 3.8) is 0 Å². The van der Waals surface area contributed by atoms with Crippen LogP contribution < -0.4 is 10.6 Å². The van der Waals surface area contributed by atoms with Crippen LogP contribution in [0.25, 0.3) is 0 Å². The smallest absolute Gasteiger partial charge is 0.122 e. The SMILES string of the molecule is CCCC[C@@H](N)c1ccc(N(CC)CC)cc1O. The standard InChI is InChI=1S/C15H26N2O/c1-4-7-8-14(16)13-10-9-12(11-15(13)18)17(5-2)6-3/h9-11,14,18H,4-8,16H2,1-3H3/t14-/m1/s1. The number of anilines is 1. The maximum Gasteiger partial charge on any atom is 0.122 e. The first-order chi connectivity index (χ1) is 8.63. The van der Waals surface area contributed by atoms with Crippen molar-refractivity contribution in [2.75, 3.05) is 18.0 Å². The van der Waals surface area contributed by atoms with Crippen LogP contribution in [0, 0.1) is 0 Å². The van der Waals surface area contributed by atoms with E-state index in [-0.39, 0.29) is 6.04 Å². The highest BCUT2D eigenvalue weighted by molar-refractivity contribution is 5.53. The zero-order valence-corrected chi connectivity index (χ0v) is 11.8. The van der Waals surface area contributed by atoms with E-state index in [0.717, 1.165) is 43.6 Å². The second kappa shape index (κ2) is 7.27. The fourth-order valence-corrected chi connectivity index (χ4v) is 2.21. The maximum atomic E-state index is 10.1. The summed E-state index contributed by atoms with van der Waals surface area (Å²) in [5.74, 6) is 0.322. The van der Waals surface area contributed by atoms with Crippen molar-refractivity contribution in [3.8, 4) is 5.75 Å². The molecule has 1 aromatic carbocycles. The van der Waals surface area contributed by atoms with Crippen LogP contribution in [-0.4, -0.2) is 18.2 Å². The zero-order valence-electron chi connectivity index (χ0n) is 11.8. The number of benzene rings is 1. The second-order valence-electron chi connectivity index (χ2n) is 4.66. The molecule has 0 aliphatic rings. The highest BCUT2D eigenvalue weighted by Gasteiger charge is 2.12. The van der Waals surface area contributed by atoms with Gasteiger partial charge in [-0.15, -0.1) is 0 Å². The van der Waals surface area contributed by atoms with Crippen molar-refractivity contribution in [3.05, 3.63) is 23.8 Å². The third kappa shape index (κ3) is 3.64. The van der Waals surface area contributed by atoms with Gasteiger partial charge in [-0.05, 0) is 26.3 Å². The van der Waals surface area contributed by atoms with Crippen LogP contribution in [0.1, 0.15) is 51.6 Å². The maximum absolute atomic E-state index is 10.1. The summed E-state index contributed by atoms with van der Waals surface area (Å²) in [5, 5.41) is 10.1. The third-order valence-electron chi connectivity index (χ3n) is 3.41. The Bertz CT molecular complexity index is 362. The van der Waals surface area contributed by atoms with Gasteiger partial charge in [0.05, 0.1) is 0 Å². The minimum atomic E-state index is -0.0595. The molecule has 0 aromatic heterocycles. The van der Waals surface area contributed by atoms with E-state index in [0.29, 0.717) is 5.75 Å². The largest absolute Gasteiger partial charge is 0.508 e. The molecular weight excluding hydrogens is 224 g/mol. The Hall–Kier alpha value is -1.22. The zero-order chi connectivity index (χ0) is 13.5. The van der Waals surface area contributed by atoms with E-state index in [1.54, 1.807) is 0 Å². The molecule has 0 aliphatic carbocycles. The molecule has 0 aliphatic heterocycles. The molecule has 0 spiro atoms. The Morgan fingerprint density at radius 3 is 2.39 bits per heavy atom. The molecule has 0 fully saturated rings. The average molecular weight is 250 g/mol. The molecule has 1 rings (SSSR count). The number of phenols is 1. The van der Waals surface area contributed by atoms with Crippen molar-refractivity contribution >= 4 is 5.69 Å². The van der Waals surface area contributed by atoms with Crippen LogP contribution in [0.2, 0.25) is 0 Å². The monoisotopic (exact) mass is 250 g/mol. The van der Waals surface area contributed by atoms with E-state index >= 15 is 0 Å². The van der Waals surface area contributed by atoms with Gasteiger partial charge in [0.15, 0.2) is 0 Å². The van der Waals surface area contributed by atoms with E-state index in [9.17, 15) is 5.11 Å². The van der Waals surface area contributed by atoms with Gasteiger partial charge in [-0.25, -0.2) is 0 Å².